The van der Waals surface area contributed by atoms with Gasteiger partial charge in [-0.25, -0.2) is 4.68 Å². The summed E-state index contributed by atoms with van der Waals surface area (Å²) >= 11 is 3.55. The van der Waals surface area contributed by atoms with Crippen molar-refractivity contribution in [3.05, 3.63) is 53.1 Å². The van der Waals surface area contributed by atoms with Gasteiger partial charge in [-0.05, 0) is 39.2 Å². The third-order valence-corrected chi connectivity index (χ3v) is 4.42. The number of carbonyl (C=O) groups is 1. The minimum atomic E-state index is -0.215. The van der Waals surface area contributed by atoms with Gasteiger partial charge in [0, 0.05) is 12.6 Å². The van der Waals surface area contributed by atoms with Gasteiger partial charge >= 0.3 is 0 Å². The van der Waals surface area contributed by atoms with E-state index in [1.165, 1.54) is 0 Å². The predicted octanol–water partition coefficient (Wildman–Crippen LogP) is 4.23. The maximum Gasteiger partial charge on any atom is 0.263 e. The topological polar surface area (TPSA) is 56.2 Å². The van der Waals surface area contributed by atoms with E-state index >= 15 is 0 Å². The van der Waals surface area contributed by atoms with Gasteiger partial charge < -0.3 is 10.1 Å². The SMILES string of the molecule is CCCn1nccc1NC(=O)COc1ccc2ccccc2c1Br. The van der Waals surface area contributed by atoms with Crippen molar-refractivity contribution in [2.75, 3.05) is 11.9 Å². The van der Waals surface area contributed by atoms with E-state index in [2.05, 4.69) is 33.3 Å². The molecular formula is C18H18BrN3O2. The molecule has 0 radical (unpaired) electrons. The van der Waals surface area contributed by atoms with Crippen LogP contribution < -0.4 is 10.1 Å². The number of nitrogens with one attached hydrogen (secondary N) is 1. The van der Waals surface area contributed by atoms with Gasteiger partial charge in [0.25, 0.3) is 5.91 Å². The Hall–Kier alpha value is -2.34. The lowest BCUT2D eigenvalue weighted by molar-refractivity contribution is -0.118. The molecule has 0 aliphatic rings. The molecule has 24 heavy (non-hydrogen) atoms. The van der Waals surface area contributed by atoms with Crippen molar-refractivity contribution in [2.45, 2.75) is 19.9 Å². The number of carbonyl (C=O) groups excluding carboxylic acids is 1. The van der Waals surface area contributed by atoms with Crippen LogP contribution in [0.2, 0.25) is 0 Å². The number of aromatic nitrogens is 2. The Morgan fingerprint density at radius 2 is 2.08 bits per heavy atom. The highest BCUT2D eigenvalue weighted by molar-refractivity contribution is 9.10. The normalized spacial score (nSPS) is 10.8. The zero-order valence-electron chi connectivity index (χ0n) is 13.3. The molecular weight excluding hydrogens is 370 g/mol. The number of aryl methyl sites for hydroxylation is 1. The molecule has 0 aliphatic carbocycles. The number of rotatable bonds is 6. The van der Waals surface area contributed by atoms with Crippen LogP contribution in [0.4, 0.5) is 5.82 Å². The van der Waals surface area contributed by atoms with Crippen molar-refractivity contribution in [3.8, 4) is 5.75 Å². The summed E-state index contributed by atoms with van der Waals surface area (Å²) in [6, 6.07) is 13.6. The summed E-state index contributed by atoms with van der Waals surface area (Å²) in [5, 5.41) is 9.17. The molecule has 0 spiro atoms. The monoisotopic (exact) mass is 387 g/mol. The van der Waals surface area contributed by atoms with Crippen LogP contribution in [0, 0.1) is 0 Å². The Kier molecular flexibility index (Phi) is 5.15. The molecule has 1 amide bonds. The van der Waals surface area contributed by atoms with E-state index < -0.39 is 0 Å². The summed E-state index contributed by atoms with van der Waals surface area (Å²) < 4.78 is 8.29. The minimum absolute atomic E-state index is 0.0613. The summed E-state index contributed by atoms with van der Waals surface area (Å²) in [6.45, 7) is 2.77. The van der Waals surface area contributed by atoms with Crippen LogP contribution in [-0.4, -0.2) is 22.3 Å². The van der Waals surface area contributed by atoms with Crippen molar-refractivity contribution in [3.63, 3.8) is 0 Å². The molecule has 1 N–H and O–H groups in total. The highest BCUT2D eigenvalue weighted by atomic mass is 79.9. The summed E-state index contributed by atoms with van der Waals surface area (Å²) in [4.78, 5) is 12.1. The molecule has 0 aliphatic heterocycles. The van der Waals surface area contributed by atoms with E-state index in [0.29, 0.717) is 11.6 Å². The molecule has 3 rings (SSSR count). The largest absolute Gasteiger partial charge is 0.483 e. The lowest BCUT2D eigenvalue weighted by Gasteiger charge is -2.11. The number of hydrogen-bond donors (Lipinski definition) is 1. The zero-order valence-corrected chi connectivity index (χ0v) is 14.9. The number of ether oxygens (including phenoxy) is 1. The second-order valence-electron chi connectivity index (χ2n) is 5.38. The van der Waals surface area contributed by atoms with Gasteiger partial charge in [0.2, 0.25) is 0 Å². The first-order chi connectivity index (χ1) is 11.7. The summed E-state index contributed by atoms with van der Waals surface area (Å²) in [6.07, 6.45) is 2.62. The van der Waals surface area contributed by atoms with E-state index in [4.69, 9.17) is 4.74 Å². The van der Waals surface area contributed by atoms with Crippen molar-refractivity contribution >= 4 is 38.4 Å². The molecule has 0 saturated carbocycles. The number of nitrogens with zero attached hydrogens (tertiary/aromatic N) is 2. The first-order valence-corrected chi connectivity index (χ1v) is 8.60. The lowest BCUT2D eigenvalue weighted by atomic mass is 10.1. The molecule has 3 aromatic rings. The molecule has 6 heteroatoms. The lowest BCUT2D eigenvalue weighted by Crippen LogP contribution is -2.22. The fourth-order valence-corrected chi connectivity index (χ4v) is 3.08. The Bertz CT molecular complexity index is 860. The van der Waals surface area contributed by atoms with Gasteiger partial charge in [0.1, 0.15) is 11.6 Å². The third kappa shape index (κ3) is 3.59. The number of benzene rings is 2. The Morgan fingerprint density at radius 1 is 1.25 bits per heavy atom. The first-order valence-electron chi connectivity index (χ1n) is 7.80. The zero-order chi connectivity index (χ0) is 16.9. The van der Waals surface area contributed by atoms with E-state index in [9.17, 15) is 4.79 Å². The van der Waals surface area contributed by atoms with E-state index in [1.807, 2.05) is 36.4 Å². The van der Waals surface area contributed by atoms with Gasteiger partial charge in [-0.3, -0.25) is 4.79 Å². The summed E-state index contributed by atoms with van der Waals surface area (Å²) in [5.74, 6) is 1.11. The van der Waals surface area contributed by atoms with Gasteiger partial charge in [-0.15, -0.1) is 0 Å². The molecule has 0 unspecified atom stereocenters. The molecule has 0 atom stereocenters. The highest BCUT2D eigenvalue weighted by Crippen LogP contribution is 2.32. The van der Waals surface area contributed by atoms with Gasteiger partial charge in [-0.1, -0.05) is 37.3 Å². The van der Waals surface area contributed by atoms with Crippen LogP contribution in [0.1, 0.15) is 13.3 Å². The summed E-state index contributed by atoms with van der Waals surface area (Å²) in [7, 11) is 0. The minimum Gasteiger partial charge on any atom is -0.483 e. The molecule has 2 aromatic carbocycles. The molecule has 0 saturated heterocycles. The van der Waals surface area contributed by atoms with Gasteiger partial charge in [0.05, 0.1) is 10.7 Å². The Labute approximate surface area is 148 Å². The standard InChI is InChI=1S/C18H18BrN3O2/c1-2-11-22-16(9-10-20-22)21-17(23)12-24-15-8-7-13-5-3-4-6-14(13)18(15)19/h3-10H,2,11-12H2,1H3,(H,21,23). The average molecular weight is 388 g/mol. The quantitative estimate of drug-likeness (QED) is 0.688. The highest BCUT2D eigenvalue weighted by Gasteiger charge is 2.10. The molecule has 0 fully saturated rings. The molecule has 124 valence electrons. The van der Waals surface area contributed by atoms with Crippen molar-refractivity contribution < 1.29 is 9.53 Å². The number of hydrogen-bond acceptors (Lipinski definition) is 3. The van der Waals surface area contributed by atoms with Crippen LogP contribution in [0.15, 0.2) is 53.1 Å². The van der Waals surface area contributed by atoms with Crippen LogP contribution >= 0.6 is 15.9 Å². The van der Waals surface area contributed by atoms with Crippen LogP contribution in [0.5, 0.6) is 5.75 Å². The summed E-state index contributed by atoms with van der Waals surface area (Å²) in [5.41, 5.74) is 0. The van der Waals surface area contributed by atoms with Crippen LogP contribution in [-0.2, 0) is 11.3 Å². The van der Waals surface area contributed by atoms with Gasteiger partial charge in [-0.2, -0.15) is 5.10 Å². The Morgan fingerprint density at radius 3 is 2.92 bits per heavy atom. The Balaban J connectivity index is 1.66. The third-order valence-electron chi connectivity index (χ3n) is 3.61. The van der Waals surface area contributed by atoms with Crippen LogP contribution in [0.25, 0.3) is 10.8 Å². The number of halogens is 1. The van der Waals surface area contributed by atoms with Crippen LogP contribution in [0.3, 0.4) is 0 Å². The second-order valence-corrected chi connectivity index (χ2v) is 6.17. The van der Waals surface area contributed by atoms with Crippen molar-refractivity contribution in [1.82, 2.24) is 9.78 Å². The van der Waals surface area contributed by atoms with Crippen molar-refractivity contribution in [2.24, 2.45) is 0 Å². The molecule has 0 bridgehead atoms. The number of anilines is 1. The van der Waals surface area contributed by atoms with E-state index in [1.54, 1.807) is 16.9 Å². The number of amides is 1. The fourth-order valence-electron chi connectivity index (χ4n) is 2.48. The maximum absolute atomic E-state index is 12.1. The van der Waals surface area contributed by atoms with Crippen molar-refractivity contribution in [1.29, 1.82) is 0 Å². The van der Waals surface area contributed by atoms with Gasteiger partial charge in [0.15, 0.2) is 6.61 Å². The molecule has 5 nitrogen and oxygen atoms in total. The first kappa shape index (κ1) is 16.5. The smallest absolute Gasteiger partial charge is 0.263 e. The molecule has 1 aromatic heterocycles. The second kappa shape index (κ2) is 7.49. The fraction of sp³-hybridized carbons (Fsp3) is 0.222. The average Bonchev–Trinajstić information content (AvgIpc) is 3.02. The van der Waals surface area contributed by atoms with E-state index in [0.717, 1.165) is 28.2 Å². The molecule has 1 heterocycles. The van der Waals surface area contributed by atoms with E-state index in [-0.39, 0.29) is 12.5 Å². The maximum atomic E-state index is 12.1. The number of fused-ring (bicyclic) bond motifs is 1. The predicted molar refractivity (Wildman–Crippen MR) is 98.3 cm³/mol.